The summed E-state index contributed by atoms with van der Waals surface area (Å²) in [5.41, 5.74) is 0. The van der Waals surface area contributed by atoms with Crippen LogP contribution in [0, 0.1) is 0 Å². The highest BCUT2D eigenvalue weighted by Crippen LogP contribution is 2.17. The normalized spacial score (nSPS) is 23.1. The predicted octanol–water partition coefficient (Wildman–Crippen LogP) is 1.55. The van der Waals surface area contributed by atoms with Crippen molar-refractivity contribution in [3.63, 3.8) is 0 Å². The van der Waals surface area contributed by atoms with E-state index >= 15 is 0 Å². The van der Waals surface area contributed by atoms with E-state index in [-0.39, 0.29) is 0 Å². The van der Waals surface area contributed by atoms with Crippen LogP contribution in [-0.2, 0) is 4.79 Å². The van der Waals surface area contributed by atoms with Crippen molar-refractivity contribution in [3.8, 4) is 0 Å². The summed E-state index contributed by atoms with van der Waals surface area (Å²) in [5.74, 6) is 0.407. The molecule has 1 aliphatic heterocycles. The molecule has 1 aliphatic rings. The van der Waals surface area contributed by atoms with Crippen molar-refractivity contribution in [1.29, 1.82) is 0 Å². The molecule has 64 valence electrons. The number of carbonyl (C=O) groups is 1. The summed E-state index contributed by atoms with van der Waals surface area (Å²) < 4.78 is 0.691. The number of hydrogen-bond donors (Lipinski definition) is 0. The standard InChI is InChI=1S/C9H18NO/c1-3-9(11)10(2)7-5-4-6-8-10/h3-8H2,1-2H3/q+1. The summed E-state index contributed by atoms with van der Waals surface area (Å²) in [6.07, 6.45) is 4.45. The van der Waals surface area contributed by atoms with Gasteiger partial charge in [-0.2, -0.15) is 0 Å². The Morgan fingerprint density at radius 1 is 1.27 bits per heavy atom. The quantitative estimate of drug-likeness (QED) is 0.526. The van der Waals surface area contributed by atoms with E-state index in [2.05, 4.69) is 7.05 Å². The van der Waals surface area contributed by atoms with Crippen LogP contribution in [0.4, 0.5) is 0 Å². The Bertz CT molecular complexity index is 148. The lowest BCUT2D eigenvalue weighted by Gasteiger charge is -2.34. The molecular weight excluding hydrogens is 138 g/mol. The van der Waals surface area contributed by atoms with Gasteiger partial charge in [-0.05, 0) is 19.3 Å². The van der Waals surface area contributed by atoms with Gasteiger partial charge in [0.15, 0.2) is 0 Å². The topological polar surface area (TPSA) is 17.1 Å². The molecule has 1 fully saturated rings. The van der Waals surface area contributed by atoms with Crippen LogP contribution in [0.2, 0.25) is 0 Å². The maximum Gasteiger partial charge on any atom is 0.313 e. The smallest absolute Gasteiger partial charge is 0.263 e. The van der Waals surface area contributed by atoms with E-state index in [0.717, 1.165) is 13.1 Å². The molecule has 0 saturated carbocycles. The number of carbonyl (C=O) groups excluding carboxylic acids is 1. The predicted molar refractivity (Wildman–Crippen MR) is 45.1 cm³/mol. The SMILES string of the molecule is CCC(=O)[N+]1(C)CCCCC1. The molecule has 1 heterocycles. The maximum atomic E-state index is 11.5. The lowest BCUT2D eigenvalue weighted by atomic mass is 10.1. The van der Waals surface area contributed by atoms with Crippen LogP contribution >= 0.6 is 0 Å². The fourth-order valence-electron chi connectivity index (χ4n) is 1.84. The average molecular weight is 156 g/mol. The number of hydrogen-bond acceptors (Lipinski definition) is 1. The maximum absolute atomic E-state index is 11.5. The second-order valence-corrected chi connectivity index (χ2v) is 3.65. The Labute approximate surface area is 68.8 Å². The lowest BCUT2D eigenvalue weighted by molar-refractivity contribution is -0.840. The van der Waals surface area contributed by atoms with Crippen LogP contribution in [0.5, 0.6) is 0 Å². The minimum atomic E-state index is 0.407. The highest BCUT2D eigenvalue weighted by molar-refractivity contribution is 5.68. The highest BCUT2D eigenvalue weighted by atomic mass is 16.2. The number of likely N-dealkylation sites (tertiary alicyclic amines) is 1. The highest BCUT2D eigenvalue weighted by Gasteiger charge is 2.31. The Morgan fingerprint density at radius 2 is 1.82 bits per heavy atom. The third kappa shape index (κ3) is 1.80. The molecule has 0 aromatic rings. The third-order valence-electron chi connectivity index (χ3n) is 2.71. The minimum absolute atomic E-state index is 0.407. The van der Waals surface area contributed by atoms with E-state index in [1.165, 1.54) is 19.3 Å². The van der Waals surface area contributed by atoms with Crippen molar-refractivity contribution in [3.05, 3.63) is 0 Å². The molecule has 0 unspecified atom stereocenters. The van der Waals surface area contributed by atoms with Gasteiger partial charge >= 0.3 is 5.91 Å². The van der Waals surface area contributed by atoms with Gasteiger partial charge in [-0.3, -0.25) is 4.48 Å². The summed E-state index contributed by atoms with van der Waals surface area (Å²) in [6.45, 7) is 4.08. The number of quaternary nitrogens is 1. The van der Waals surface area contributed by atoms with Gasteiger partial charge in [-0.1, -0.05) is 6.92 Å². The molecule has 0 aliphatic carbocycles. The van der Waals surface area contributed by atoms with E-state index in [1.807, 2.05) is 6.92 Å². The van der Waals surface area contributed by atoms with Gasteiger partial charge in [0, 0.05) is 0 Å². The average Bonchev–Trinajstić information content (AvgIpc) is 2.04. The molecule has 0 atom stereocenters. The first kappa shape index (κ1) is 8.72. The van der Waals surface area contributed by atoms with Gasteiger partial charge in [0.2, 0.25) is 0 Å². The van der Waals surface area contributed by atoms with Crippen molar-refractivity contribution in [2.24, 2.45) is 0 Å². The van der Waals surface area contributed by atoms with Crippen molar-refractivity contribution in [1.82, 2.24) is 0 Å². The Balaban J connectivity index is 2.56. The molecule has 0 spiro atoms. The lowest BCUT2D eigenvalue weighted by Crippen LogP contribution is -2.52. The summed E-state index contributed by atoms with van der Waals surface area (Å²) >= 11 is 0. The van der Waals surface area contributed by atoms with Crippen molar-refractivity contribution in [2.45, 2.75) is 32.6 Å². The molecule has 2 nitrogen and oxygen atoms in total. The van der Waals surface area contributed by atoms with E-state index < -0.39 is 0 Å². The largest absolute Gasteiger partial charge is 0.313 e. The van der Waals surface area contributed by atoms with Crippen molar-refractivity contribution in [2.75, 3.05) is 20.1 Å². The molecule has 1 amide bonds. The van der Waals surface area contributed by atoms with E-state index in [4.69, 9.17) is 0 Å². The first-order chi connectivity index (χ1) is 5.19. The number of nitrogens with zero attached hydrogens (tertiary/aromatic N) is 1. The van der Waals surface area contributed by atoms with Crippen LogP contribution in [0.25, 0.3) is 0 Å². The second kappa shape index (κ2) is 3.35. The number of piperidine rings is 1. The van der Waals surface area contributed by atoms with E-state index in [9.17, 15) is 4.79 Å². The monoisotopic (exact) mass is 156 g/mol. The summed E-state index contributed by atoms with van der Waals surface area (Å²) in [5, 5.41) is 0. The molecule has 1 saturated heterocycles. The molecule has 1 rings (SSSR count). The van der Waals surface area contributed by atoms with Crippen LogP contribution < -0.4 is 0 Å². The van der Waals surface area contributed by atoms with Gasteiger partial charge in [-0.25, -0.2) is 4.79 Å². The van der Waals surface area contributed by atoms with E-state index in [0.29, 0.717) is 16.8 Å². The van der Waals surface area contributed by atoms with Crippen LogP contribution in [0.15, 0.2) is 0 Å². The summed E-state index contributed by atoms with van der Waals surface area (Å²) in [7, 11) is 2.07. The van der Waals surface area contributed by atoms with Crippen molar-refractivity contribution < 1.29 is 9.28 Å². The first-order valence-electron chi connectivity index (χ1n) is 4.57. The number of rotatable bonds is 1. The van der Waals surface area contributed by atoms with Gasteiger partial charge < -0.3 is 0 Å². The molecule has 0 bridgehead atoms. The van der Waals surface area contributed by atoms with Gasteiger partial charge in [0.05, 0.1) is 26.6 Å². The molecule has 0 aromatic heterocycles. The van der Waals surface area contributed by atoms with Crippen LogP contribution in [0.1, 0.15) is 32.6 Å². The molecule has 0 aromatic carbocycles. The summed E-state index contributed by atoms with van der Waals surface area (Å²) in [6, 6.07) is 0. The Kier molecular flexibility index (Phi) is 2.66. The minimum Gasteiger partial charge on any atom is -0.263 e. The fourth-order valence-corrected chi connectivity index (χ4v) is 1.84. The number of amides is 1. The molecule has 0 radical (unpaired) electrons. The molecule has 11 heavy (non-hydrogen) atoms. The molecular formula is C9H18NO+. The zero-order valence-electron chi connectivity index (χ0n) is 7.60. The van der Waals surface area contributed by atoms with E-state index in [1.54, 1.807) is 0 Å². The van der Waals surface area contributed by atoms with Gasteiger partial charge in [0.25, 0.3) is 0 Å². The zero-order valence-corrected chi connectivity index (χ0v) is 7.60. The Morgan fingerprint density at radius 3 is 2.27 bits per heavy atom. The van der Waals surface area contributed by atoms with Gasteiger partial charge in [-0.15, -0.1) is 0 Å². The van der Waals surface area contributed by atoms with Crippen LogP contribution in [0.3, 0.4) is 0 Å². The molecule has 0 N–H and O–H groups in total. The second-order valence-electron chi connectivity index (χ2n) is 3.65. The third-order valence-corrected chi connectivity index (χ3v) is 2.71. The molecule has 2 heteroatoms. The summed E-state index contributed by atoms with van der Waals surface area (Å²) in [4.78, 5) is 11.5. The van der Waals surface area contributed by atoms with Crippen molar-refractivity contribution >= 4 is 5.91 Å². The fraction of sp³-hybridized carbons (Fsp3) is 0.889. The van der Waals surface area contributed by atoms with Gasteiger partial charge in [0.1, 0.15) is 0 Å². The van der Waals surface area contributed by atoms with Crippen LogP contribution in [-0.4, -0.2) is 30.5 Å². The Hall–Kier alpha value is -0.370. The first-order valence-corrected chi connectivity index (χ1v) is 4.57. The zero-order chi connectivity index (χ0) is 8.32.